The number of amides is 6. The number of rotatable bonds is 11. The number of anilines is 1. The number of urea groups is 2. The van der Waals surface area contributed by atoms with Crippen molar-refractivity contribution in [3.8, 4) is 0 Å². The molecule has 0 spiro atoms. The third kappa shape index (κ3) is 8.17. The molecule has 6 amide bonds. The average Bonchev–Trinajstić information content (AvgIpc) is 3.09. The van der Waals surface area contributed by atoms with Crippen LogP contribution in [0, 0.1) is 0 Å². The van der Waals surface area contributed by atoms with Crippen LogP contribution in [-0.4, -0.2) is 56.8 Å². The maximum atomic E-state index is 14.4. The molecule has 0 fully saturated rings. The number of nitrogens with zero attached hydrogens (tertiary/aromatic N) is 2. The normalized spacial score (nSPS) is 14.0. The monoisotopic (exact) mass is 622 g/mol. The van der Waals surface area contributed by atoms with Gasteiger partial charge in [-0.2, -0.15) is 5.10 Å². The average molecular weight is 623 g/mol. The van der Waals surface area contributed by atoms with Crippen LogP contribution in [0.1, 0.15) is 29.0 Å². The molecule has 238 valence electrons. The molecule has 3 aromatic carbocycles. The van der Waals surface area contributed by atoms with E-state index in [4.69, 9.17) is 5.73 Å². The van der Waals surface area contributed by atoms with Crippen LogP contribution in [0.2, 0.25) is 0 Å². The summed E-state index contributed by atoms with van der Waals surface area (Å²) >= 11 is 0. The predicted octanol–water partition coefficient (Wildman–Crippen LogP) is 2.85. The van der Waals surface area contributed by atoms with Gasteiger partial charge in [0.2, 0.25) is 5.91 Å². The molecule has 0 radical (unpaired) electrons. The minimum absolute atomic E-state index is 0.238. The van der Waals surface area contributed by atoms with Crippen LogP contribution in [0.3, 0.4) is 0 Å². The first kappa shape index (κ1) is 33.0. The van der Waals surface area contributed by atoms with E-state index in [9.17, 15) is 19.2 Å². The number of allylic oxidation sites excluding steroid dienone is 2. The number of carbonyl (C=O) groups is 4. The number of hydrogen-bond donors (Lipinski definition) is 6. The van der Waals surface area contributed by atoms with Crippen molar-refractivity contribution in [2.75, 3.05) is 26.0 Å². The summed E-state index contributed by atoms with van der Waals surface area (Å²) in [7, 11) is 4.79. The van der Waals surface area contributed by atoms with E-state index in [1.165, 1.54) is 11.9 Å². The second-order valence-electron chi connectivity index (χ2n) is 10.4. The molecule has 1 aliphatic rings. The molecule has 1 atom stereocenters. The van der Waals surface area contributed by atoms with Gasteiger partial charge in [-0.05, 0) is 28.8 Å². The minimum atomic E-state index is -1.15. The number of carbonyl (C=O) groups excluding carboxylic acids is 4. The van der Waals surface area contributed by atoms with E-state index in [2.05, 4.69) is 31.8 Å². The number of likely N-dealkylation sites (N-methyl/N-ethyl adjacent to an activating group) is 1. The molecular weight excluding hydrogens is 584 g/mol. The van der Waals surface area contributed by atoms with Gasteiger partial charge in [0.25, 0.3) is 5.91 Å². The van der Waals surface area contributed by atoms with Gasteiger partial charge < -0.3 is 31.9 Å². The molecule has 0 saturated heterocycles. The lowest BCUT2D eigenvalue weighted by molar-refractivity contribution is -0.127. The maximum Gasteiger partial charge on any atom is 0.334 e. The highest BCUT2D eigenvalue weighted by Gasteiger charge is 2.34. The van der Waals surface area contributed by atoms with Crippen LogP contribution in [0.25, 0.3) is 0 Å². The Morgan fingerprint density at radius 1 is 0.891 bits per heavy atom. The van der Waals surface area contributed by atoms with E-state index in [1.54, 1.807) is 44.4 Å². The number of hydrogen-bond acceptors (Lipinski definition) is 6. The first-order valence-electron chi connectivity index (χ1n) is 14.7. The summed E-state index contributed by atoms with van der Waals surface area (Å²) < 4.78 is 0. The van der Waals surface area contributed by atoms with Crippen LogP contribution >= 0.6 is 0 Å². The summed E-state index contributed by atoms with van der Waals surface area (Å²) in [5.41, 5.74) is 12.0. The van der Waals surface area contributed by atoms with Crippen molar-refractivity contribution >= 4 is 35.3 Å². The summed E-state index contributed by atoms with van der Waals surface area (Å²) in [5.74, 6) is -1.49. The highest BCUT2D eigenvalue weighted by Crippen LogP contribution is 2.27. The van der Waals surface area contributed by atoms with Crippen molar-refractivity contribution in [3.05, 3.63) is 125 Å². The maximum absolute atomic E-state index is 14.4. The van der Waals surface area contributed by atoms with Gasteiger partial charge in [0.05, 0.1) is 17.3 Å². The molecule has 12 heteroatoms. The van der Waals surface area contributed by atoms with E-state index in [1.807, 2.05) is 66.7 Å². The van der Waals surface area contributed by atoms with Gasteiger partial charge in [0.1, 0.15) is 6.04 Å². The summed E-state index contributed by atoms with van der Waals surface area (Å²) in [6.07, 6.45) is 3.98. The second-order valence-corrected chi connectivity index (χ2v) is 10.4. The predicted molar refractivity (Wildman–Crippen MR) is 178 cm³/mol. The number of benzene rings is 3. The van der Waals surface area contributed by atoms with Gasteiger partial charge in [-0.25, -0.2) is 15.0 Å². The van der Waals surface area contributed by atoms with Crippen LogP contribution in [0.5, 0.6) is 0 Å². The standard InChI is InChI=1S/C34H38N8O4/c1-36-29-26(15-10-16-27(29)40-41-34(46)37-2)30(32(44)42(3)25-19-17-22(18-20-25)21-38-33(35)45)39-31(43)28(23-11-6-4-7-12-23)24-13-8-5-9-14-24/h4-15,17-20,28,30,36H,16,21H2,1-3H3,(H,39,43)(H3,35,38,45)(H2,37,41,46). The fourth-order valence-electron chi connectivity index (χ4n) is 5.09. The Bertz CT molecular complexity index is 1600. The topological polar surface area (TPSA) is 170 Å². The summed E-state index contributed by atoms with van der Waals surface area (Å²) in [5, 5.41) is 15.4. The molecule has 0 saturated carbocycles. The van der Waals surface area contributed by atoms with E-state index >= 15 is 0 Å². The van der Waals surface area contributed by atoms with Gasteiger partial charge >= 0.3 is 12.1 Å². The van der Waals surface area contributed by atoms with Gasteiger partial charge in [-0.1, -0.05) is 84.9 Å². The molecule has 46 heavy (non-hydrogen) atoms. The smallest absolute Gasteiger partial charge is 0.334 e. The van der Waals surface area contributed by atoms with Crippen molar-refractivity contribution < 1.29 is 19.2 Å². The van der Waals surface area contributed by atoms with Crippen LogP contribution in [-0.2, 0) is 16.1 Å². The summed E-state index contributed by atoms with van der Waals surface area (Å²) in [6.45, 7) is 0.238. The van der Waals surface area contributed by atoms with Crippen molar-refractivity contribution in [2.45, 2.75) is 24.9 Å². The summed E-state index contributed by atoms with van der Waals surface area (Å²) in [4.78, 5) is 53.1. The van der Waals surface area contributed by atoms with Gasteiger partial charge in [0, 0.05) is 45.4 Å². The van der Waals surface area contributed by atoms with Crippen molar-refractivity contribution in [1.29, 1.82) is 0 Å². The largest absolute Gasteiger partial charge is 0.386 e. The van der Waals surface area contributed by atoms with E-state index in [0.29, 0.717) is 29.1 Å². The summed E-state index contributed by atoms with van der Waals surface area (Å²) in [6, 6.07) is 23.5. The lowest BCUT2D eigenvalue weighted by Crippen LogP contribution is -2.51. The number of hydrazone groups is 1. The van der Waals surface area contributed by atoms with Crippen molar-refractivity contribution in [3.63, 3.8) is 0 Å². The molecular formula is C34H38N8O4. The third-order valence-electron chi connectivity index (χ3n) is 7.45. The molecule has 1 aliphatic carbocycles. The highest BCUT2D eigenvalue weighted by atomic mass is 16.2. The highest BCUT2D eigenvalue weighted by molar-refractivity contribution is 6.07. The molecule has 4 rings (SSSR count). The van der Waals surface area contributed by atoms with Gasteiger partial charge in [0.15, 0.2) is 0 Å². The van der Waals surface area contributed by atoms with E-state index in [0.717, 1.165) is 16.7 Å². The minimum Gasteiger partial charge on any atom is -0.386 e. The number of nitrogens with two attached hydrogens (primary N) is 1. The third-order valence-corrected chi connectivity index (χ3v) is 7.45. The Morgan fingerprint density at radius 3 is 2.04 bits per heavy atom. The van der Waals surface area contributed by atoms with Crippen LogP contribution < -0.4 is 37.3 Å². The first-order valence-corrected chi connectivity index (χ1v) is 14.7. The van der Waals surface area contributed by atoms with Gasteiger partial charge in [-0.3, -0.25) is 9.59 Å². The number of primary amides is 1. The Labute approximate surface area is 267 Å². The second kappa shape index (κ2) is 15.7. The fourth-order valence-corrected chi connectivity index (χ4v) is 5.09. The van der Waals surface area contributed by atoms with Crippen LogP contribution in [0.15, 0.2) is 113 Å². The lowest BCUT2D eigenvalue weighted by Gasteiger charge is -2.30. The Kier molecular flexibility index (Phi) is 11.3. The molecule has 0 aliphatic heterocycles. The molecule has 0 bridgehead atoms. The molecule has 7 N–H and O–H groups in total. The van der Waals surface area contributed by atoms with Crippen molar-refractivity contribution in [1.82, 2.24) is 26.7 Å². The molecule has 3 aromatic rings. The first-order chi connectivity index (χ1) is 22.2. The molecule has 12 nitrogen and oxygen atoms in total. The SMILES string of the molecule is CNC(=O)NN=C1CC=CC(C(NC(=O)C(c2ccccc2)c2ccccc2)C(=O)N(C)c2ccc(CNC(N)=O)cc2)=C1NC. The zero-order valence-corrected chi connectivity index (χ0v) is 25.9. The quantitative estimate of drug-likeness (QED) is 0.180. The Morgan fingerprint density at radius 2 is 1.50 bits per heavy atom. The molecule has 1 unspecified atom stereocenters. The van der Waals surface area contributed by atoms with E-state index < -0.39 is 29.9 Å². The Hall–Kier alpha value is -5.91. The number of nitrogens with one attached hydrogen (secondary N) is 5. The fraction of sp³-hybridized carbons (Fsp3) is 0.206. The van der Waals surface area contributed by atoms with Crippen molar-refractivity contribution in [2.24, 2.45) is 10.8 Å². The zero-order valence-electron chi connectivity index (χ0n) is 25.9. The lowest BCUT2D eigenvalue weighted by atomic mass is 9.89. The van der Waals surface area contributed by atoms with Gasteiger partial charge in [-0.15, -0.1) is 0 Å². The molecule has 0 aromatic heterocycles. The van der Waals surface area contributed by atoms with E-state index in [-0.39, 0.29) is 12.5 Å². The van der Waals surface area contributed by atoms with Crippen LogP contribution in [0.4, 0.5) is 15.3 Å². The molecule has 0 heterocycles. The Balaban J connectivity index is 1.75. The zero-order chi connectivity index (χ0) is 33.1.